The lowest BCUT2D eigenvalue weighted by atomic mass is 10.2. The van der Waals surface area contributed by atoms with Gasteiger partial charge in [0.05, 0.1) is 6.61 Å². The third-order valence-corrected chi connectivity index (χ3v) is 1.70. The molecule has 0 N–H and O–H groups in total. The summed E-state index contributed by atoms with van der Waals surface area (Å²) in [6.45, 7) is 0.783. The van der Waals surface area contributed by atoms with Gasteiger partial charge in [-0.1, -0.05) is 10.3 Å². The van der Waals surface area contributed by atoms with E-state index in [0.29, 0.717) is 5.88 Å². The number of aryl methyl sites for hydroxylation is 1. The SMILES string of the molecule is Cn1nnc2c1CCCO2. The fraction of sp³-hybridized carbons (Fsp3) is 0.667. The summed E-state index contributed by atoms with van der Waals surface area (Å²) in [5.41, 5.74) is 1.12. The second kappa shape index (κ2) is 1.97. The maximum absolute atomic E-state index is 5.25. The largest absolute Gasteiger partial charge is 0.475 e. The average Bonchev–Trinajstić information content (AvgIpc) is 2.34. The topological polar surface area (TPSA) is 39.9 Å². The van der Waals surface area contributed by atoms with Crippen LogP contribution in [0.4, 0.5) is 0 Å². The van der Waals surface area contributed by atoms with E-state index in [1.807, 2.05) is 7.05 Å². The number of hydrogen-bond donors (Lipinski definition) is 0. The van der Waals surface area contributed by atoms with Crippen molar-refractivity contribution in [3.05, 3.63) is 5.69 Å². The Hall–Kier alpha value is -1.06. The Morgan fingerprint density at radius 3 is 3.30 bits per heavy atom. The molecule has 4 nitrogen and oxygen atoms in total. The van der Waals surface area contributed by atoms with Crippen molar-refractivity contribution in [1.29, 1.82) is 0 Å². The molecule has 1 aliphatic heterocycles. The summed E-state index contributed by atoms with van der Waals surface area (Å²) in [4.78, 5) is 0. The van der Waals surface area contributed by atoms with Crippen molar-refractivity contribution in [1.82, 2.24) is 15.0 Å². The maximum atomic E-state index is 5.25. The first-order valence-corrected chi connectivity index (χ1v) is 3.39. The highest BCUT2D eigenvalue weighted by molar-refractivity contribution is 5.18. The molecule has 0 aromatic carbocycles. The molecular weight excluding hydrogens is 130 g/mol. The quantitative estimate of drug-likeness (QED) is 0.513. The Kier molecular flexibility index (Phi) is 1.12. The van der Waals surface area contributed by atoms with Gasteiger partial charge >= 0.3 is 0 Å². The van der Waals surface area contributed by atoms with Gasteiger partial charge in [0.25, 0.3) is 5.88 Å². The van der Waals surface area contributed by atoms with Gasteiger partial charge in [-0.05, 0) is 12.8 Å². The summed E-state index contributed by atoms with van der Waals surface area (Å²) in [6.07, 6.45) is 2.12. The van der Waals surface area contributed by atoms with Crippen LogP contribution in [-0.4, -0.2) is 21.6 Å². The van der Waals surface area contributed by atoms with Crippen molar-refractivity contribution < 1.29 is 4.74 Å². The molecule has 0 bridgehead atoms. The first-order valence-electron chi connectivity index (χ1n) is 3.39. The van der Waals surface area contributed by atoms with Crippen molar-refractivity contribution in [2.45, 2.75) is 12.8 Å². The number of nitrogens with zero attached hydrogens (tertiary/aromatic N) is 3. The van der Waals surface area contributed by atoms with Crippen molar-refractivity contribution >= 4 is 0 Å². The van der Waals surface area contributed by atoms with Gasteiger partial charge in [0.2, 0.25) is 0 Å². The lowest BCUT2D eigenvalue weighted by Gasteiger charge is -2.10. The van der Waals surface area contributed by atoms with Crippen LogP contribution in [0.15, 0.2) is 0 Å². The van der Waals surface area contributed by atoms with E-state index in [2.05, 4.69) is 10.3 Å². The number of ether oxygens (including phenoxy) is 1. The average molecular weight is 139 g/mol. The first-order chi connectivity index (χ1) is 4.88. The minimum Gasteiger partial charge on any atom is -0.475 e. The summed E-state index contributed by atoms with van der Waals surface area (Å²) in [7, 11) is 1.89. The molecule has 0 aliphatic carbocycles. The molecule has 2 heterocycles. The monoisotopic (exact) mass is 139 g/mol. The van der Waals surface area contributed by atoms with Gasteiger partial charge in [0.1, 0.15) is 5.69 Å². The molecule has 0 saturated carbocycles. The summed E-state index contributed by atoms with van der Waals surface area (Å²) in [5.74, 6) is 0.716. The minimum absolute atomic E-state index is 0.716. The number of aromatic nitrogens is 3. The van der Waals surface area contributed by atoms with E-state index in [0.717, 1.165) is 25.1 Å². The lowest BCUT2D eigenvalue weighted by Crippen LogP contribution is -2.10. The summed E-state index contributed by atoms with van der Waals surface area (Å²) >= 11 is 0. The molecule has 1 aromatic rings. The molecule has 10 heavy (non-hydrogen) atoms. The zero-order chi connectivity index (χ0) is 6.97. The molecule has 0 unspecified atom stereocenters. The van der Waals surface area contributed by atoms with Crippen LogP contribution in [-0.2, 0) is 13.5 Å². The Labute approximate surface area is 58.8 Å². The van der Waals surface area contributed by atoms with Crippen molar-refractivity contribution in [2.24, 2.45) is 7.05 Å². The highest BCUT2D eigenvalue weighted by Crippen LogP contribution is 2.19. The number of fused-ring (bicyclic) bond motifs is 1. The van der Waals surface area contributed by atoms with E-state index in [-0.39, 0.29) is 0 Å². The number of rotatable bonds is 0. The molecule has 1 aliphatic rings. The van der Waals surface area contributed by atoms with E-state index in [9.17, 15) is 0 Å². The molecule has 0 fully saturated rings. The fourth-order valence-corrected chi connectivity index (χ4v) is 1.15. The Morgan fingerprint density at radius 1 is 1.60 bits per heavy atom. The van der Waals surface area contributed by atoms with E-state index in [1.54, 1.807) is 4.68 Å². The molecule has 0 radical (unpaired) electrons. The van der Waals surface area contributed by atoms with Crippen molar-refractivity contribution in [3.63, 3.8) is 0 Å². The van der Waals surface area contributed by atoms with Gasteiger partial charge in [-0.3, -0.25) is 0 Å². The van der Waals surface area contributed by atoms with Gasteiger partial charge in [-0.25, -0.2) is 4.68 Å². The van der Waals surface area contributed by atoms with Crippen LogP contribution in [0.3, 0.4) is 0 Å². The third kappa shape index (κ3) is 0.683. The Morgan fingerprint density at radius 2 is 2.50 bits per heavy atom. The zero-order valence-corrected chi connectivity index (χ0v) is 5.87. The molecule has 2 rings (SSSR count). The molecule has 0 atom stereocenters. The predicted molar refractivity (Wildman–Crippen MR) is 34.8 cm³/mol. The van der Waals surface area contributed by atoms with Crippen LogP contribution < -0.4 is 4.74 Å². The highest BCUT2D eigenvalue weighted by Gasteiger charge is 2.15. The maximum Gasteiger partial charge on any atom is 0.256 e. The Bertz CT molecular complexity index is 243. The van der Waals surface area contributed by atoms with E-state index >= 15 is 0 Å². The molecule has 54 valence electrons. The second-order valence-corrected chi connectivity index (χ2v) is 2.42. The van der Waals surface area contributed by atoms with Crippen LogP contribution in [0.25, 0.3) is 0 Å². The molecule has 0 spiro atoms. The number of hydrogen-bond acceptors (Lipinski definition) is 3. The third-order valence-electron chi connectivity index (χ3n) is 1.70. The van der Waals surface area contributed by atoms with Crippen LogP contribution in [0, 0.1) is 0 Å². The molecule has 0 saturated heterocycles. The van der Waals surface area contributed by atoms with Crippen molar-refractivity contribution in [2.75, 3.05) is 6.61 Å². The molecule has 1 aromatic heterocycles. The van der Waals surface area contributed by atoms with Gasteiger partial charge in [-0.2, -0.15) is 0 Å². The smallest absolute Gasteiger partial charge is 0.256 e. The van der Waals surface area contributed by atoms with E-state index in [1.165, 1.54) is 0 Å². The molecule has 4 heteroatoms. The standard InChI is InChI=1S/C6H9N3O/c1-9-5-3-2-4-10-6(5)7-8-9/h2-4H2,1H3. The van der Waals surface area contributed by atoms with Gasteiger partial charge < -0.3 is 4.74 Å². The van der Waals surface area contributed by atoms with Gasteiger partial charge in [0, 0.05) is 7.05 Å². The van der Waals surface area contributed by atoms with Crippen molar-refractivity contribution in [3.8, 4) is 5.88 Å². The van der Waals surface area contributed by atoms with Crippen LogP contribution in [0.1, 0.15) is 12.1 Å². The van der Waals surface area contributed by atoms with Gasteiger partial charge in [0.15, 0.2) is 0 Å². The summed E-state index contributed by atoms with van der Waals surface area (Å²) in [6, 6.07) is 0. The fourth-order valence-electron chi connectivity index (χ4n) is 1.15. The normalized spacial score (nSPS) is 16.1. The van der Waals surface area contributed by atoms with Crippen LogP contribution >= 0.6 is 0 Å². The van der Waals surface area contributed by atoms with E-state index < -0.39 is 0 Å². The van der Waals surface area contributed by atoms with E-state index in [4.69, 9.17) is 4.74 Å². The summed E-state index contributed by atoms with van der Waals surface area (Å²) < 4.78 is 7.02. The van der Waals surface area contributed by atoms with Gasteiger partial charge in [-0.15, -0.1) is 0 Å². The highest BCUT2D eigenvalue weighted by atomic mass is 16.5. The van der Waals surface area contributed by atoms with Crippen LogP contribution in [0.5, 0.6) is 5.88 Å². The lowest BCUT2D eigenvalue weighted by molar-refractivity contribution is 0.275. The Balaban J connectivity index is 2.45. The molecular formula is C6H9N3O. The second-order valence-electron chi connectivity index (χ2n) is 2.42. The summed E-state index contributed by atoms with van der Waals surface area (Å²) in [5, 5.41) is 7.69. The zero-order valence-electron chi connectivity index (χ0n) is 5.87. The minimum atomic E-state index is 0.716. The first kappa shape index (κ1) is 5.70. The molecule has 0 amide bonds. The van der Waals surface area contributed by atoms with Crippen LogP contribution in [0.2, 0.25) is 0 Å². The predicted octanol–water partition coefficient (Wildman–Crippen LogP) is 0.140.